The molecule has 1 unspecified atom stereocenters. The van der Waals surface area contributed by atoms with E-state index in [9.17, 15) is 14.4 Å². The number of carbonyl (C=O) groups excluding carboxylic acids is 2. The first-order valence-corrected chi connectivity index (χ1v) is 9.91. The molecule has 1 atom stereocenters. The van der Waals surface area contributed by atoms with Crippen LogP contribution in [-0.4, -0.2) is 29.9 Å². The smallest absolute Gasteiger partial charge is 0.360 e. The van der Waals surface area contributed by atoms with Crippen molar-refractivity contribution >= 4 is 44.9 Å². The van der Waals surface area contributed by atoms with E-state index in [1.165, 1.54) is 11.3 Å². The van der Waals surface area contributed by atoms with Gasteiger partial charge in [-0.15, -0.1) is 11.3 Å². The van der Waals surface area contributed by atoms with Crippen LogP contribution in [0.1, 0.15) is 12.8 Å². The van der Waals surface area contributed by atoms with Gasteiger partial charge in [0, 0.05) is 18.5 Å². The third-order valence-corrected chi connectivity index (χ3v) is 5.52. The van der Waals surface area contributed by atoms with Crippen LogP contribution in [0.2, 0.25) is 0 Å². The highest BCUT2D eigenvalue weighted by Gasteiger charge is 2.29. The maximum atomic E-state index is 12.7. The van der Waals surface area contributed by atoms with Crippen molar-refractivity contribution in [2.24, 2.45) is 5.92 Å². The molecular weight excluding hydrogens is 378 g/mol. The van der Waals surface area contributed by atoms with Crippen LogP contribution in [0.4, 0.5) is 15.5 Å². The van der Waals surface area contributed by atoms with Gasteiger partial charge in [-0.25, -0.2) is 9.59 Å². The van der Waals surface area contributed by atoms with Crippen LogP contribution in [0, 0.1) is 5.92 Å². The zero-order valence-electron chi connectivity index (χ0n) is 15.0. The Morgan fingerprint density at radius 1 is 1.14 bits per heavy atom. The van der Waals surface area contributed by atoms with Crippen LogP contribution in [0.3, 0.4) is 0 Å². The molecule has 8 heteroatoms. The van der Waals surface area contributed by atoms with Crippen LogP contribution in [0.25, 0.3) is 11.0 Å². The van der Waals surface area contributed by atoms with E-state index in [0.717, 1.165) is 16.8 Å². The Kier molecular flexibility index (Phi) is 5.12. The molecule has 1 aliphatic heterocycles. The van der Waals surface area contributed by atoms with E-state index in [2.05, 4.69) is 10.6 Å². The molecule has 2 aromatic heterocycles. The van der Waals surface area contributed by atoms with Crippen LogP contribution < -0.4 is 16.3 Å². The van der Waals surface area contributed by atoms with E-state index in [4.69, 9.17) is 4.42 Å². The lowest BCUT2D eigenvalue weighted by Gasteiger charge is -2.31. The van der Waals surface area contributed by atoms with E-state index < -0.39 is 5.63 Å². The SMILES string of the molecule is O=C(Nc1cc2ccccc2oc1=O)C1CCCN(C(=O)Nc2cccs2)C1. The molecule has 3 heterocycles. The molecule has 3 amide bonds. The van der Waals surface area contributed by atoms with Crippen molar-refractivity contribution < 1.29 is 14.0 Å². The molecule has 1 aliphatic rings. The average Bonchev–Trinajstić information content (AvgIpc) is 3.21. The predicted molar refractivity (Wildman–Crippen MR) is 109 cm³/mol. The molecule has 0 radical (unpaired) electrons. The summed E-state index contributed by atoms with van der Waals surface area (Å²) in [6.07, 6.45) is 1.38. The number of para-hydroxylation sites is 1. The van der Waals surface area contributed by atoms with Crippen molar-refractivity contribution in [3.8, 4) is 0 Å². The first kappa shape index (κ1) is 18.2. The summed E-state index contributed by atoms with van der Waals surface area (Å²) in [5.41, 5.74) is -0.00129. The fourth-order valence-electron chi connectivity index (χ4n) is 3.29. The summed E-state index contributed by atoms with van der Waals surface area (Å²) in [6.45, 7) is 0.904. The number of benzene rings is 1. The van der Waals surface area contributed by atoms with Gasteiger partial charge in [0.1, 0.15) is 11.3 Å². The molecule has 28 heavy (non-hydrogen) atoms. The van der Waals surface area contributed by atoms with Gasteiger partial charge in [-0.2, -0.15) is 0 Å². The van der Waals surface area contributed by atoms with Crippen molar-refractivity contribution in [1.82, 2.24) is 4.90 Å². The minimum Gasteiger partial charge on any atom is -0.421 e. The molecule has 2 N–H and O–H groups in total. The van der Waals surface area contributed by atoms with Crippen molar-refractivity contribution in [2.75, 3.05) is 23.7 Å². The average molecular weight is 397 g/mol. The third-order valence-electron chi connectivity index (χ3n) is 4.73. The summed E-state index contributed by atoms with van der Waals surface area (Å²) in [6, 6.07) is 12.2. The molecule has 3 aromatic rings. The lowest BCUT2D eigenvalue weighted by molar-refractivity contribution is -0.121. The summed E-state index contributed by atoms with van der Waals surface area (Å²) in [4.78, 5) is 38.9. The van der Waals surface area contributed by atoms with Crippen molar-refractivity contribution in [2.45, 2.75) is 12.8 Å². The van der Waals surface area contributed by atoms with Gasteiger partial charge in [0.05, 0.1) is 10.9 Å². The second-order valence-corrected chi connectivity index (χ2v) is 7.61. The summed E-state index contributed by atoms with van der Waals surface area (Å²) in [5, 5.41) is 8.90. The molecular formula is C20H19N3O4S. The molecule has 4 rings (SSSR count). The zero-order valence-corrected chi connectivity index (χ0v) is 15.8. The highest BCUT2D eigenvalue weighted by Crippen LogP contribution is 2.22. The quantitative estimate of drug-likeness (QED) is 0.659. The number of likely N-dealkylation sites (tertiary alicyclic amines) is 1. The Balaban J connectivity index is 1.44. The van der Waals surface area contributed by atoms with Crippen molar-refractivity contribution in [3.63, 3.8) is 0 Å². The van der Waals surface area contributed by atoms with Crippen LogP contribution >= 0.6 is 11.3 Å². The fraction of sp³-hybridized carbons (Fsp3) is 0.250. The van der Waals surface area contributed by atoms with Gasteiger partial charge in [-0.05, 0) is 42.5 Å². The minimum absolute atomic E-state index is 0.115. The van der Waals surface area contributed by atoms with E-state index in [1.807, 2.05) is 29.6 Å². The molecule has 144 valence electrons. The van der Waals surface area contributed by atoms with E-state index in [1.54, 1.807) is 23.1 Å². The second-order valence-electron chi connectivity index (χ2n) is 6.67. The van der Waals surface area contributed by atoms with Gasteiger partial charge in [-0.3, -0.25) is 10.1 Å². The van der Waals surface area contributed by atoms with Gasteiger partial charge in [0.2, 0.25) is 5.91 Å². The summed E-state index contributed by atoms with van der Waals surface area (Å²) in [5.74, 6) is -0.662. The number of fused-ring (bicyclic) bond motifs is 1. The molecule has 1 fully saturated rings. The van der Waals surface area contributed by atoms with Gasteiger partial charge < -0.3 is 14.6 Å². The number of nitrogens with zero attached hydrogens (tertiary/aromatic N) is 1. The molecule has 1 aromatic carbocycles. The first-order chi connectivity index (χ1) is 13.6. The lowest BCUT2D eigenvalue weighted by atomic mass is 9.97. The van der Waals surface area contributed by atoms with Gasteiger partial charge in [-0.1, -0.05) is 18.2 Å². The Hall–Kier alpha value is -3.13. The second kappa shape index (κ2) is 7.85. The minimum atomic E-state index is -0.588. The number of amides is 3. The Morgan fingerprint density at radius 3 is 2.82 bits per heavy atom. The molecule has 0 bridgehead atoms. The highest BCUT2D eigenvalue weighted by atomic mass is 32.1. The first-order valence-electron chi connectivity index (χ1n) is 9.03. The van der Waals surface area contributed by atoms with Crippen LogP contribution in [-0.2, 0) is 4.79 Å². The summed E-state index contributed by atoms with van der Waals surface area (Å²) >= 11 is 1.44. The van der Waals surface area contributed by atoms with Crippen molar-refractivity contribution in [3.05, 3.63) is 58.3 Å². The molecule has 0 spiro atoms. The Bertz CT molecular complexity index is 1060. The number of nitrogens with one attached hydrogen (secondary N) is 2. The van der Waals surface area contributed by atoms with Gasteiger partial charge >= 0.3 is 11.7 Å². The molecule has 0 aliphatic carbocycles. The number of hydrogen-bond donors (Lipinski definition) is 2. The molecule has 0 saturated carbocycles. The zero-order chi connectivity index (χ0) is 19.5. The Morgan fingerprint density at radius 2 is 2.00 bits per heavy atom. The normalized spacial score (nSPS) is 16.7. The van der Waals surface area contributed by atoms with Gasteiger partial charge in [0.25, 0.3) is 0 Å². The molecule has 7 nitrogen and oxygen atoms in total. The number of anilines is 2. The van der Waals surface area contributed by atoms with Crippen LogP contribution in [0.15, 0.2) is 57.1 Å². The largest absolute Gasteiger partial charge is 0.421 e. The monoisotopic (exact) mass is 397 g/mol. The maximum absolute atomic E-state index is 12.7. The number of rotatable bonds is 3. The van der Waals surface area contributed by atoms with E-state index in [0.29, 0.717) is 25.1 Å². The topological polar surface area (TPSA) is 91.7 Å². The van der Waals surface area contributed by atoms with Gasteiger partial charge in [0.15, 0.2) is 0 Å². The summed E-state index contributed by atoms with van der Waals surface area (Å²) < 4.78 is 5.26. The standard InChI is InChI=1S/C20H19N3O4S/c24-18(21-15-11-13-5-1-2-7-16(13)27-19(15)25)14-6-3-9-23(12-14)20(26)22-17-8-4-10-28-17/h1-2,4-5,7-8,10-11,14H,3,6,9,12H2,(H,21,24)(H,22,26). The third kappa shape index (κ3) is 3.91. The fourth-order valence-corrected chi connectivity index (χ4v) is 3.90. The summed E-state index contributed by atoms with van der Waals surface area (Å²) in [7, 11) is 0. The number of thiophene rings is 1. The number of urea groups is 1. The Labute approximate surface area is 165 Å². The van der Waals surface area contributed by atoms with E-state index >= 15 is 0 Å². The van der Waals surface area contributed by atoms with Crippen LogP contribution in [0.5, 0.6) is 0 Å². The molecule has 1 saturated heterocycles. The number of piperidine rings is 1. The van der Waals surface area contributed by atoms with Crippen molar-refractivity contribution in [1.29, 1.82) is 0 Å². The number of carbonyl (C=O) groups is 2. The highest BCUT2D eigenvalue weighted by molar-refractivity contribution is 7.14. The number of hydrogen-bond acceptors (Lipinski definition) is 5. The van der Waals surface area contributed by atoms with E-state index in [-0.39, 0.29) is 23.5 Å². The predicted octanol–water partition coefficient (Wildman–Crippen LogP) is 3.74. The lowest BCUT2D eigenvalue weighted by Crippen LogP contribution is -2.45. The maximum Gasteiger partial charge on any atom is 0.360 e.